The fourth-order valence-electron chi connectivity index (χ4n) is 3.82. The Kier molecular flexibility index (Phi) is 6.69. The number of terminal acetylenes is 1. The van der Waals surface area contributed by atoms with Gasteiger partial charge in [0.1, 0.15) is 5.75 Å². The molecule has 0 aliphatic carbocycles. The Bertz CT molecular complexity index is 1400. The normalized spacial score (nSPS) is 11.2. The topological polar surface area (TPSA) is 68.2 Å². The van der Waals surface area contributed by atoms with Crippen LogP contribution >= 0.6 is 0 Å². The summed E-state index contributed by atoms with van der Waals surface area (Å²) in [5.74, 6) is 0.191. The molecule has 0 atom stereocenters. The van der Waals surface area contributed by atoms with E-state index in [0.717, 1.165) is 12.6 Å². The second-order valence-corrected chi connectivity index (χ2v) is 8.01. The molecule has 1 aromatic heterocycles. The highest BCUT2D eigenvalue weighted by Gasteiger charge is 2.27. The first-order chi connectivity index (χ1) is 16.8. The monoisotopic (exact) mass is 474 g/mol. The van der Waals surface area contributed by atoms with Crippen LogP contribution in [0, 0.1) is 12.3 Å². The Morgan fingerprint density at radius 1 is 1.14 bits per heavy atom. The molecule has 6 nitrogen and oxygen atoms in total. The molecule has 0 spiro atoms. The molecule has 35 heavy (non-hydrogen) atoms. The van der Waals surface area contributed by atoms with E-state index in [4.69, 9.17) is 11.2 Å². The highest BCUT2D eigenvalue weighted by molar-refractivity contribution is 5.98. The summed E-state index contributed by atoms with van der Waals surface area (Å²) < 4.78 is 35.6. The van der Waals surface area contributed by atoms with Crippen LogP contribution < -0.4 is 15.4 Å². The predicted molar refractivity (Wildman–Crippen MR) is 132 cm³/mol. The molecule has 0 fully saturated rings. The maximum absolute atomic E-state index is 14.3. The van der Waals surface area contributed by atoms with Crippen molar-refractivity contribution in [1.82, 2.24) is 14.9 Å². The molecule has 1 amide bonds. The molecule has 2 N–H and O–H groups in total. The van der Waals surface area contributed by atoms with E-state index >= 15 is 0 Å². The quantitative estimate of drug-likeness (QED) is 0.340. The van der Waals surface area contributed by atoms with Gasteiger partial charge in [-0.2, -0.15) is 0 Å². The Morgan fingerprint density at radius 2 is 1.89 bits per heavy atom. The first kappa shape index (κ1) is 23.8. The van der Waals surface area contributed by atoms with E-state index in [1.165, 1.54) is 6.07 Å². The summed E-state index contributed by atoms with van der Waals surface area (Å²) in [5.41, 5.74) is 2.77. The Hall–Kier alpha value is -4.38. The summed E-state index contributed by atoms with van der Waals surface area (Å²) in [5, 5.41) is 5.89. The highest BCUT2D eigenvalue weighted by atomic mass is 19.3. The predicted octanol–water partition coefficient (Wildman–Crippen LogP) is 5.31. The van der Waals surface area contributed by atoms with Crippen LogP contribution in [0.4, 0.5) is 20.4 Å². The molecular formula is C27H24F2N4O2. The zero-order valence-corrected chi connectivity index (χ0v) is 19.3. The minimum atomic E-state index is -3.00. The number of carbonyl (C=O) groups is 1. The van der Waals surface area contributed by atoms with Crippen molar-refractivity contribution in [3.05, 3.63) is 83.4 Å². The molecule has 4 rings (SSSR count). The van der Waals surface area contributed by atoms with Crippen molar-refractivity contribution in [2.75, 3.05) is 19.0 Å². The summed E-state index contributed by atoms with van der Waals surface area (Å²) in [6, 6.07) is 18.8. The van der Waals surface area contributed by atoms with E-state index < -0.39 is 5.92 Å². The number of hydrogen-bond acceptors (Lipinski definition) is 4. The van der Waals surface area contributed by atoms with Crippen molar-refractivity contribution in [3.8, 4) is 18.1 Å². The number of imidazole rings is 1. The van der Waals surface area contributed by atoms with Gasteiger partial charge in [-0.15, -0.1) is 6.42 Å². The van der Waals surface area contributed by atoms with Crippen molar-refractivity contribution in [2.24, 2.45) is 0 Å². The lowest BCUT2D eigenvalue weighted by Gasteiger charge is -2.18. The molecule has 1 heterocycles. The first-order valence-electron chi connectivity index (χ1n) is 10.9. The van der Waals surface area contributed by atoms with E-state index in [9.17, 15) is 13.6 Å². The van der Waals surface area contributed by atoms with Gasteiger partial charge in [-0.1, -0.05) is 30.2 Å². The third-order valence-corrected chi connectivity index (χ3v) is 5.53. The van der Waals surface area contributed by atoms with Crippen LogP contribution in [0.5, 0.6) is 5.75 Å². The van der Waals surface area contributed by atoms with Crippen LogP contribution in [0.2, 0.25) is 0 Å². The fourth-order valence-corrected chi connectivity index (χ4v) is 3.82. The number of aromatic nitrogens is 2. The van der Waals surface area contributed by atoms with Crippen molar-refractivity contribution in [2.45, 2.75) is 19.4 Å². The number of amides is 1. The number of anilines is 2. The lowest BCUT2D eigenvalue weighted by molar-refractivity contribution is 0.0165. The van der Waals surface area contributed by atoms with E-state index in [2.05, 4.69) is 21.5 Å². The molecule has 0 saturated carbocycles. The number of carbonyl (C=O) groups excluding carboxylic acids is 1. The first-order valence-corrected chi connectivity index (χ1v) is 10.9. The van der Waals surface area contributed by atoms with Gasteiger partial charge in [0.05, 0.1) is 31.2 Å². The highest BCUT2D eigenvalue weighted by Crippen LogP contribution is 2.32. The Morgan fingerprint density at radius 3 is 2.57 bits per heavy atom. The standard InChI is InChI=1S/C27H24F2N4O2/c1-4-15-30-25(34)18-9-14-24-23(16-18)32-26(31-20-10-12-21(35-3)13-11-20)33(24)17-19-7-5-6-8-22(19)27(2,28)29/h1,5-14,16H,15,17H2,2-3H3,(H,30,34)(H,31,32). The number of methoxy groups -OCH3 is 1. The second kappa shape index (κ2) is 9.85. The van der Waals surface area contributed by atoms with Gasteiger partial charge in [0, 0.05) is 23.7 Å². The van der Waals surface area contributed by atoms with Crippen molar-refractivity contribution >= 4 is 28.6 Å². The average Bonchev–Trinajstić information content (AvgIpc) is 3.18. The van der Waals surface area contributed by atoms with Gasteiger partial charge in [0.25, 0.3) is 11.8 Å². The number of nitrogens with one attached hydrogen (secondary N) is 2. The van der Waals surface area contributed by atoms with Gasteiger partial charge in [0.2, 0.25) is 5.95 Å². The number of benzene rings is 3. The lowest BCUT2D eigenvalue weighted by Crippen LogP contribution is -2.23. The van der Waals surface area contributed by atoms with Gasteiger partial charge in [-0.25, -0.2) is 13.8 Å². The molecule has 0 radical (unpaired) electrons. The molecule has 0 bridgehead atoms. The third kappa shape index (κ3) is 5.25. The van der Waals surface area contributed by atoms with Gasteiger partial charge in [-0.3, -0.25) is 4.79 Å². The molecule has 0 saturated heterocycles. The molecule has 178 valence electrons. The SMILES string of the molecule is C#CCNC(=O)c1ccc2c(c1)nc(Nc1ccc(OC)cc1)n2Cc1ccccc1C(C)(F)F. The van der Waals surface area contributed by atoms with Crippen molar-refractivity contribution in [1.29, 1.82) is 0 Å². The van der Waals surface area contributed by atoms with E-state index in [-0.39, 0.29) is 24.6 Å². The maximum atomic E-state index is 14.3. The number of alkyl halides is 2. The summed E-state index contributed by atoms with van der Waals surface area (Å²) >= 11 is 0. The Labute approximate surface area is 201 Å². The van der Waals surface area contributed by atoms with E-state index in [1.807, 2.05) is 16.7 Å². The van der Waals surface area contributed by atoms with Crippen molar-refractivity contribution in [3.63, 3.8) is 0 Å². The number of ether oxygens (including phenoxy) is 1. The molecule has 0 aliphatic rings. The van der Waals surface area contributed by atoms with Gasteiger partial charge in [-0.05, 0) is 48.0 Å². The molecular weight excluding hydrogens is 450 g/mol. The number of hydrogen-bond donors (Lipinski definition) is 2. The lowest BCUT2D eigenvalue weighted by atomic mass is 10.0. The largest absolute Gasteiger partial charge is 0.497 e. The zero-order valence-electron chi connectivity index (χ0n) is 19.3. The summed E-state index contributed by atoms with van der Waals surface area (Å²) in [6.45, 7) is 1.14. The second-order valence-electron chi connectivity index (χ2n) is 8.01. The van der Waals surface area contributed by atoms with Gasteiger partial charge < -0.3 is 19.9 Å². The fraction of sp³-hybridized carbons (Fsp3) is 0.185. The van der Waals surface area contributed by atoms with Gasteiger partial charge >= 0.3 is 0 Å². The number of nitrogens with zero attached hydrogens (tertiary/aromatic N) is 2. The minimum Gasteiger partial charge on any atom is -0.497 e. The van der Waals surface area contributed by atoms with Crippen LogP contribution in [-0.4, -0.2) is 29.1 Å². The average molecular weight is 475 g/mol. The van der Waals surface area contributed by atoms with Gasteiger partial charge in [0.15, 0.2) is 0 Å². The van der Waals surface area contributed by atoms with Crippen molar-refractivity contribution < 1.29 is 18.3 Å². The maximum Gasteiger partial charge on any atom is 0.270 e. The molecule has 0 aliphatic heterocycles. The van der Waals surface area contributed by atoms with E-state index in [0.29, 0.717) is 33.9 Å². The number of rotatable bonds is 8. The minimum absolute atomic E-state index is 0.0532. The molecule has 4 aromatic rings. The van der Waals surface area contributed by atoms with E-state index in [1.54, 1.807) is 55.6 Å². The van der Waals surface area contributed by atoms with Crippen LogP contribution in [-0.2, 0) is 12.5 Å². The number of halogens is 2. The summed E-state index contributed by atoms with van der Waals surface area (Å²) in [7, 11) is 1.58. The van der Waals surface area contributed by atoms with Crippen LogP contribution in [0.1, 0.15) is 28.4 Å². The molecule has 0 unspecified atom stereocenters. The number of fused-ring (bicyclic) bond motifs is 1. The van der Waals surface area contributed by atoms with Crippen LogP contribution in [0.3, 0.4) is 0 Å². The third-order valence-electron chi connectivity index (χ3n) is 5.53. The zero-order chi connectivity index (χ0) is 25.0. The molecule has 3 aromatic carbocycles. The Balaban J connectivity index is 1.79. The van der Waals surface area contributed by atoms with Crippen LogP contribution in [0.25, 0.3) is 11.0 Å². The summed E-state index contributed by atoms with van der Waals surface area (Å²) in [4.78, 5) is 17.1. The summed E-state index contributed by atoms with van der Waals surface area (Å²) in [6.07, 6.45) is 5.23. The molecule has 8 heteroatoms. The smallest absolute Gasteiger partial charge is 0.270 e. The van der Waals surface area contributed by atoms with Crippen LogP contribution in [0.15, 0.2) is 66.7 Å².